The molecule has 1 aliphatic rings. The third kappa shape index (κ3) is 5.14. The van der Waals surface area contributed by atoms with Crippen molar-refractivity contribution >= 4 is 33.3 Å². The number of rotatable bonds is 7. The first-order valence-corrected chi connectivity index (χ1v) is 13.2. The normalized spacial score (nSPS) is 20.4. The first-order chi connectivity index (χ1) is 17.7. The van der Waals surface area contributed by atoms with Crippen LogP contribution in [0.15, 0.2) is 30.5 Å². The van der Waals surface area contributed by atoms with Crippen LogP contribution in [0.2, 0.25) is 0 Å². The van der Waals surface area contributed by atoms with Gasteiger partial charge in [-0.2, -0.15) is 4.98 Å². The van der Waals surface area contributed by atoms with Gasteiger partial charge in [0.15, 0.2) is 0 Å². The molecule has 0 spiro atoms. The number of aliphatic hydroxyl groups is 2. The molecule has 10 heteroatoms. The Morgan fingerprint density at radius 2 is 1.92 bits per heavy atom. The minimum Gasteiger partial charge on any atom is -0.396 e. The summed E-state index contributed by atoms with van der Waals surface area (Å²) in [7, 11) is 0. The predicted octanol–water partition coefficient (Wildman–Crippen LogP) is 4.93. The third-order valence-corrected chi connectivity index (χ3v) is 8.11. The molecule has 1 aromatic carbocycles. The zero-order valence-corrected chi connectivity index (χ0v) is 22.1. The molecule has 0 aliphatic heterocycles. The summed E-state index contributed by atoms with van der Waals surface area (Å²) in [5.41, 5.74) is 4.63. The first-order valence-electron chi connectivity index (χ1n) is 12.4. The van der Waals surface area contributed by atoms with Gasteiger partial charge in [-0.3, -0.25) is 4.98 Å². The Bertz CT molecular complexity index is 1440. The number of aliphatic hydroxyl groups excluding tert-OH is 2. The molecule has 3 aromatic heterocycles. The Morgan fingerprint density at radius 1 is 1.11 bits per heavy atom. The van der Waals surface area contributed by atoms with Gasteiger partial charge in [0.2, 0.25) is 5.95 Å². The van der Waals surface area contributed by atoms with Gasteiger partial charge in [-0.15, -0.1) is 11.3 Å². The second kappa shape index (κ2) is 10.3. The van der Waals surface area contributed by atoms with Crippen LogP contribution in [-0.4, -0.2) is 48.9 Å². The Morgan fingerprint density at radius 3 is 2.62 bits per heavy atom. The van der Waals surface area contributed by atoms with Crippen molar-refractivity contribution < 1.29 is 14.6 Å². The fourth-order valence-corrected chi connectivity index (χ4v) is 5.96. The van der Waals surface area contributed by atoms with E-state index >= 15 is 0 Å². The van der Waals surface area contributed by atoms with Crippen LogP contribution >= 0.6 is 11.3 Å². The first kappa shape index (κ1) is 25.4. The summed E-state index contributed by atoms with van der Waals surface area (Å²) in [6.45, 7) is 7.47. The lowest BCUT2D eigenvalue weighted by molar-refractivity contribution is 0.0908. The second-order valence-corrected chi connectivity index (χ2v) is 10.8. The summed E-state index contributed by atoms with van der Waals surface area (Å²) < 4.78 is 15.2. The number of nitrogens with one attached hydrogen (secondary N) is 2. The summed E-state index contributed by atoms with van der Waals surface area (Å²) in [4.78, 5) is 18.8. The monoisotopic (exact) mass is 522 g/mol. The molecule has 0 radical (unpaired) electrons. The highest BCUT2D eigenvalue weighted by atomic mass is 32.1. The number of anilines is 2. The van der Waals surface area contributed by atoms with E-state index in [0.29, 0.717) is 30.2 Å². The maximum absolute atomic E-state index is 14.2. The average molecular weight is 523 g/mol. The van der Waals surface area contributed by atoms with E-state index in [-0.39, 0.29) is 30.4 Å². The number of nitrogens with zero attached hydrogens (tertiary/aromatic N) is 4. The van der Waals surface area contributed by atoms with Crippen LogP contribution in [0.3, 0.4) is 0 Å². The molecule has 4 atom stereocenters. The van der Waals surface area contributed by atoms with Crippen molar-refractivity contribution in [2.75, 3.05) is 17.2 Å². The Kier molecular flexibility index (Phi) is 7.06. The summed E-state index contributed by atoms with van der Waals surface area (Å²) in [5.74, 6) is 0.597. The van der Waals surface area contributed by atoms with E-state index in [1.54, 1.807) is 30.5 Å². The zero-order valence-electron chi connectivity index (χ0n) is 21.3. The smallest absolute Gasteiger partial charge is 0.225 e. The molecule has 2 unspecified atom stereocenters. The zero-order chi connectivity index (χ0) is 26.3. The molecule has 0 saturated heterocycles. The largest absolute Gasteiger partial charge is 0.396 e. The maximum atomic E-state index is 14.2. The molecule has 0 amide bonds. The standard InChI is InChI=1S/C27H31FN6O2S/c1-13-5-6-17(10-20(13)28)14(2)30-27-31-15(3)23(26-33-24-16(4)29-8-7-22(24)37-26)25(34-27)32-19-9-18(12-35)21(36)11-19/h5-8,10,14,18-19,21,35-36H,9,11-12H2,1-4H3,(H2,30,31,32,34)/t14-,18?,19?,21+/m1/s1. The summed E-state index contributed by atoms with van der Waals surface area (Å²) in [6, 6.07) is 6.84. The van der Waals surface area contributed by atoms with Gasteiger partial charge in [0.05, 0.1) is 33.8 Å². The number of aryl methyl sites for hydroxylation is 3. The Balaban J connectivity index is 1.53. The van der Waals surface area contributed by atoms with E-state index in [0.717, 1.165) is 37.7 Å². The third-order valence-electron chi connectivity index (χ3n) is 7.07. The fourth-order valence-electron chi connectivity index (χ4n) is 4.85. The van der Waals surface area contributed by atoms with Gasteiger partial charge in [0.25, 0.3) is 0 Å². The highest BCUT2D eigenvalue weighted by molar-refractivity contribution is 7.21. The maximum Gasteiger partial charge on any atom is 0.225 e. The molecule has 1 saturated carbocycles. The van der Waals surface area contributed by atoms with Gasteiger partial charge in [-0.25, -0.2) is 14.4 Å². The lowest BCUT2D eigenvalue weighted by atomic mass is 10.1. The number of fused-ring (bicyclic) bond motifs is 1. The van der Waals surface area contributed by atoms with Crippen LogP contribution in [0.1, 0.15) is 48.3 Å². The van der Waals surface area contributed by atoms with Gasteiger partial charge in [-0.05, 0) is 63.8 Å². The van der Waals surface area contributed by atoms with Gasteiger partial charge < -0.3 is 20.8 Å². The quantitative estimate of drug-likeness (QED) is 0.270. The number of hydrogen-bond donors (Lipinski definition) is 4. The minimum atomic E-state index is -0.570. The van der Waals surface area contributed by atoms with Gasteiger partial charge in [0, 0.05) is 24.8 Å². The second-order valence-electron chi connectivity index (χ2n) is 9.82. The molecular weight excluding hydrogens is 491 g/mol. The van der Waals surface area contributed by atoms with E-state index in [2.05, 4.69) is 15.6 Å². The molecule has 5 rings (SSSR count). The number of pyridine rings is 1. The van der Waals surface area contributed by atoms with E-state index < -0.39 is 6.10 Å². The Hall–Kier alpha value is -3.21. The number of hydrogen-bond acceptors (Lipinski definition) is 9. The van der Waals surface area contributed by atoms with E-state index in [1.807, 2.05) is 32.9 Å². The predicted molar refractivity (Wildman–Crippen MR) is 144 cm³/mol. The molecule has 4 aromatic rings. The molecule has 1 aliphatic carbocycles. The van der Waals surface area contributed by atoms with Gasteiger partial charge in [0.1, 0.15) is 22.2 Å². The molecule has 37 heavy (non-hydrogen) atoms. The van der Waals surface area contributed by atoms with E-state index in [4.69, 9.17) is 15.0 Å². The molecule has 194 valence electrons. The van der Waals surface area contributed by atoms with Crippen LogP contribution in [0.25, 0.3) is 20.8 Å². The Labute approximate surface area is 219 Å². The summed E-state index contributed by atoms with van der Waals surface area (Å²) in [6.07, 6.45) is 2.35. The topological polar surface area (TPSA) is 116 Å². The molecule has 1 fully saturated rings. The van der Waals surface area contributed by atoms with E-state index in [1.165, 1.54) is 6.07 Å². The average Bonchev–Trinajstić information content (AvgIpc) is 3.44. The van der Waals surface area contributed by atoms with Crippen molar-refractivity contribution in [1.82, 2.24) is 19.9 Å². The van der Waals surface area contributed by atoms with Crippen molar-refractivity contribution in [3.05, 3.63) is 58.8 Å². The van der Waals surface area contributed by atoms with Crippen molar-refractivity contribution in [2.45, 2.75) is 58.7 Å². The van der Waals surface area contributed by atoms with E-state index in [9.17, 15) is 14.6 Å². The van der Waals surface area contributed by atoms with Crippen LogP contribution < -0.4 is 10.6 Å². The summed E-state index contributed by atoms with van der Waals surface area (Å²) >= 11 is 1.55. The highest BCUT2D eigenvalue weighted by Gasteiger charge is 2.33. The fraction of sp³-hybridized carbons (Fsp3) is 0.407. The number of aromatic nitrogens is 4. The molecule has 4 N–H and O–H groups in total. The lowest BCUT2D eigenvalue weighted by Crippen LogP contribution is -2.20. The van der Waals surface area contributed by atoms with Crippen LogP contribution in [0.5, 0.6) is 0 Å². The van der Waals surface area contributed by atoms with Crippen molar-refractivity contribution in [1.29, 1.82) is 0 Å². The molecular formula is C27H31FN6O2S. The number of thiazole rings is 1. The number of benzene rings is 1. The van der Waals surface area contributed by atoms with Crippen molar-refractivity contribution in [3.63, 3.8) is 0 Å². The highest BCUT2D eigenvalue weighted by Crippen LogP contribution is 2.38. The van der Waals surface area contributed by atoms with Crippen LogP contribution in [0.4, 0.5) is 16.2 Å². The minimum absolute atomic E-state index is 0.0589. The SMILES string of the molecule is Cc1ccc([C@@H](C)Nc2nc(C)c(-c3nc4c(C)nccc4s3)c(NC3CC(CO)[C@@H](O)C3)n2)cc1F. The van der Waals surface area contributed by atoms with Crippen LogP contribution in [0, 0.1) is 32.5 Å². The van der Waals surface area contributed by atoms with Gasteiger partial charge >= 0.3 is 0 Å². The van der Waals surface area contributed by atoms with Crippen LogP contribution in [-0.2, 0) is 0 Å². The van der Waals surface area contributed by atoms with Crippen molar-refractivity contribution in [2.24, 2.45) is 5.92 Å². The van der Waals surface area contributed by atoms with Gasteiger partial charge in [-0.1, -0.05) is 12.1 Å². The van der Waals surface area contributed by atoms with Crippen molar-refractivity contribution in [3.8, 4) is 10.6 Å². The lowest BCUT2D eigenvalue weighted by Gasteiger charge is -2.20. The number of halogens is 1. The molecule has 0 bridgehead atoms. The summed E-state index contributed by atoms with van der Waals surface area (Å²) in [5, 5.41) is 27.6. The molecule has 3 heterocycles. The molecule has 8 nitrogen and oxygen atoms in total.